The standard InChI is InChI=1S/C36H45F7O3/c1-2-3-4-5-22-6-9-24(10-7-22)26-20-44-35(45-21-26)25-11-13-28(14-12-25)46-36(42,43)27-18-30(37)29(31(38)19-27)15-8-23-16-32(39)34(41)33(40)17-23/h16-19,22,24-26,28,35H,2-15,20-21H2,1H3. The first-order chi connectivity index (χ1) is 22.0. The molecule has 0 amide bonds. The van der Waals surface area contributed by atoms with Gasteiger partial charge in [-0.3, -0.25) is 0 Å². The zero-order valence-corrected chi connectivity index (χ0v) is 26.5. The number of unbranched alkanes of at least 4 members (excludes halogenated alkanes) is 2. The number of hydrogen-bond donors (Lipinski definition) is 0. The molecule has 1 heterocycles. The lowest BCUT2D eigenvalue weighted by Crippen LogP contribution is -2.42. The van der Waals surface area contributed by atoms with E-state index in [1.54, 1.807) is 0 Å². The Labute approximate surface area is 267 Å². The van der Waals surface area contributed by atoms with Crippen molar-refractivity contribution in [1.29, 1.82) is 0 Å². The van der Waals surface area contributed by atoms with Crippen molar-refractivity contribution < 1.29 is 44.9 Å². The molecule has 2 aliphatic carbocycles. The summed E-state index contributed by atoms with van der Waals surface area (Å²) in [6.45, 7) is 3.56. The van der Waals surface area contributed by atoms with E-state index in [1.165, 1.54) is 51.4 Å². The lowest BCUT2D eigenvalue weighted by molar-refractivity contribution is -0.284. The van der Waals surface area contributed by atoms with Crippen LogP contribution in [0.25, 0.3) is 0 Å². The molecule has 3 nitrogen and oxygen atoms in total. The third-order valence-corrected chi connectivity index (χ3v) is 10.3. The largest absolute Gasteiger partial charge is 0.383 e. The lowest BCUT2D eigenvalue weighted by atomic mass is 9.74. The summed E-state index contributed by atoms with van der Waals surface area (Å²) in [7, 11) is 0. The molecule has 3 fully saturated rings. The first-order valence-corrected chi connectivity index (χ1v) is 16.9. The number of alkyl halides is 2. The summed E-state index contributed by atoms with van der Waals surface area (Å²) in [4.78, 5) is 0. The van der Waals surface area contributed by atoms with Crippen molar-refractivity contribution in [1.82, 2.24) is 0 Å². The third-order valence-electron chi connectivity index (χ3n) is 10.3. The van der Waals surface area contributed by atoms with Crippen molar-refractivity contribution in [2.75, 3.05) is 13.2 Å². The predicted molar refractivity (Wildman–Crippen MR) is 160 cm³/mol. The van der Waals surface area contributed by atoms with Crippen LogP contribution in [0, 0.1) is 52.8 Å². The first-order valence-electron chi connectivity index (χ1n) is 16.9. The maximum absolute atomic E-state index is 15.1. The molecule has 0 bridgehead atoms. The third kappa shape index (κ3) is 8.84. The Morgan fingerprint density at radius 1 is 0.696 bits per heavy atom. The number of halogens is 7. The van der Waals surface area contributed by atoms with Crippen LogP contribution < -0.4 is 0 Å². The van der Waals surface area contributed by atoms with Gasteiger partial charge in [-0.1, -0.05) is 45.4 Å². The van der Waals surface area contributed by atoms with Gasteiger partial charge < -0.3 is 14.2 Å². The zero-order chi connectivity index (χ0) is 32.8. The number of aryl methyl sites for hydroxylation is 1. The minimum Gasteiger partial charge on any atom is -0.352 e. The summed E-state index contributed by atoms with van der Waals surface area (Å²) >= 11 is 0. The summed E-state index contributed by atoms with van der Waals surface area (Å²) < 4.78 is 117. The summed E-state index contributed by atoms with van der Waals surface area (Å²) in [5.41, 5.74) is -1.50. The van der Waals surface area contributed by atoms with E-state index in [2.05, 4.69) is 6.92 Å². The van der Waals surface area contributed by atoms with E-state index < -0.39 is 52.4 Å². The van der Waals surface area contributed by atoms with Gasteiger partial charge in [-0.15, -0.1) is 0 Å². The van der Waals surface area contributed by atoms with E-state index in [0.717, 1.165) is 18.1 Å². The van der Waals surface area contributed by atoms with Gasteiger partial charge in [0.05, 0.1) is 24.9 Å². The Bertz CT molecular complexity index is 1230. The van der Waals surface area contributed by atoms with E-state index in [9.17, 15) is 22.0 Å². The highest BCUT2D eigenvalue weighted by atomic mass is 19.3. The summed E-state index contributed by atoms with van der Waals surface area (Å²) in [6, 6.07) is 2.50. The Balaban J connectivity index is 1.06. The van der Waals surface area contributed by atoms with Gasteiger partial charge in [-0.05, 0) is 93.0 Å². The van der Waals surface area contributed by atoms with Gasteiger partial charge >= 0.3 is 6.11 Å². The Morgan fingerprint density at radius 2 is 1.28 bits per heavy atom. The van der Waals surface area contributed by atoms with Crippen LogP contribution in [0.15, 0.2) is 24.3 Å². The van der Waals surface area contributed by atoms with Gasteiger partial charge in [0, 0.05) is 17.4 Å². The van der Waals surface area contributed by atoms with Gasteiger partial charge in [0.2, 0.25) is 0 Å². The second-order valence-corrected chi connectivity index (χ2v) is 13.5. The second kappa shape index (κ2) is 15.8. The molecular formula is C36H45F7O3. The second-order valence-electron chi connectivity index (χ2n) is 13.5. The van der Waals surface area contributed by atoms with Crippen LogP contribution in [0.5, 0.6) is 0 Å². The van der Waals surface area contributed by atoms with E-state index in [4.69, 9.17) is 14.2 Å². The topological polar surface area (TPSA) is 27.7 Å². The van der Waals surface area contributed by atoms with Crippen molar-refractivity contribution in [3.63, 3.8) is 0 Å². The highest BCUT2D eigenvalue weighted by Crippen LogP contribution is 2.41. The predicted octanol–water partition coefficient (Wildman–Crippen LogP) is 10.2. The molecule has 2 saturated carbocycles. The maximum Gasteiger partial charge on any atom is 0.383 e. The Kier molecular flexibility index (Phi) is 12.1. The Morgan fingerprint density at radius 3 is 1.87 bits per heavy atom. The van der Waals surface area contributed by atoms with Crippen LogP contribution in [0.1, 0.15) is 101 Å². The van der Waals surface area contributed by atoms with Crippen LogP contribution in [0.3, 0.4) is 0 Å². The van der Waals surface area contributed by atoms with E-state index in [1.807, 2.05) is 0 Å². The molecule has 1 saturated heterocycles. The van der Waals surface area contributed by atoms with Crippen LogP contribution in [-0.2, 0) is 33.2 Å². The molecule has 10 heteroatoms. The number of ether oxygens (including phenoxy) is 3. The SMILES string of the molecule is CCCCCC1CCC(C2COC(C3CCC(OC(F)(F)c4cc(F)c(CCc5cc(F)c(F)c(F)c5)c(F)c4)CC3)OC2)CC1. The molecule has 0 atom stereocenters. The quantitative estimate of drug-likeness (QED) is 0.129. The molecular weight excluding hydrogens is 613 g/mol. The minimum atomic E-state index is -3.93. The highest BCUT2D eigenvalue weighted by molar-refractivity contribution is 5.30. The molecule has 3 aliphatic rings. The maximum atomic E-state index is 15.1. The molecule has 0 N–H and O–H groups in total. The van der Waals surface area contributed by atoms with E-state index in [0.29, 0.717) is 62.9 Å². The minimum absolute atomic E-state index is 0.0252. The normalized spacial score (nSPS) is 27.6. The fraction of sp³-hybridized carbons (Fsp3) is 0.667. The van der Waals surface area contributed by atoms with Gasteiger partial charge in [0.15, 0.2) is 23.7 Å². The van der Waals surface area contributed by atoms with Gasteiger partial charge in [0.25, 0.3) is 0 Å². The van der Waals surface area contributed by atoms with Crippen molar-refractivity contribution in [2.24, 2.45) is 23.7 Å². The number of rotatable bonds is 12. The fourth-order valence-corrected chi connectivity index (χ4v) is 7.50. The summed E-state index contributed by atoms with van der Waals surface area (Å²) in [5.74, 6) is -5.01. The molecule has 1 aliphatic heterocycles. The molecule has 256 valence electrons. The van der Waals surface area contributed by atoms with Gasteiger partial charge in [0.1, 0.15) is 11.6 Å². The van der Waals surface area contributed by atoms with Crippen molar-refractivity contribution >= 4 is 0 Å². The van der Waals surface area contributed by atoms with Crippen LogP contribution in [0.4, 0.5) is 30.7 Å². The number of hydrogen-bond acceptors (Lipinski definition) is 3. The van der Waals surface area contributed by atoms with Crippen LogP contribution in [0.2, 0.25) is 0 Å². The van der Waals surface area contributed by atoms with Crippen molar-refractivity contribution in [3.8, 4) is 0 Å². The highest BCUT2D eigenvalue weighted by Gasteiger charge is 2.41. The lowest BCUT2D eigenvalue weighted by Gasteiger charge is -2.41. The summed E-state index contributed by atoms with van der Waals surface area (Å²) in [6.07, 6.45) is 6.40. The van der Waals surface area contributed by atoms with Gasteiger partial charge in [-0.2, -0.15) is 8.78 Å². The van der Waals surface area contributed by atoms with Crippen molar-refractivity contribution in [2.45, 2.75) is 115 Å². The molecule has 0 spiro atoms. The first kappa shape index (κ1) is 35.1. The molecule has 0 unspecified atom stereocenters. The molecule has 2 aromatic carbocycles. The Hall–Kier alpha value is -2.17. The van der Waals surface area contributed by atoms with E-state index in [-0.39, 0.29) is 30.6 Å². The number of benzene rings is 2. The zero-order valence-electron chi connectivity index (χ0n) is 26.5. The average Bonchev–Trinajstić information content (AvgIpc) is 3.04. The van der Waals surface area contributed by atoms with Crippen molar-refractivity contribution in [3.05, 3.63) is 70.0 Å². The molecule has 5 rings (SSSR count). The van der Waals surface area contributed by atoms with Crippen LogP contribution >= 0.6 is 0 Å². The van der Waals surface area contributed by atoms with Crippen LogP contribution in [-0.4, -0.2) is 25.6 Å². The molecule has 2 aromatic rings. The monoisotopic (exact) mass is 658 g/mol. The molecule has 46 heavy (non-hydrogen) atoms. The fourth-order valence-electron chi connectivity index (χ4n) is 7.50. The smallest absolute Gasteiger partial charge is 0.352 e. The average molecular weight is 659 g/mol. The molecule has 0 radical (unpaired) electrons. The van der Waals surface area contributed by atoms with Gasteiger partial charge in [-0.25, -0.2) is 22.0 Å². The summed E-state index contributed by atoms with van der Waals surface area (Å²) in [5, 5.41) is 0. The molecule has 0 aromatic heterocycles. The van der Waals surface area contributed by atoms with E-state index >= 15 is 8.78 Å².